The number of nitrogens with two attached hydrogens (primary N) is 1. The van der Waals surface area contributed by atoms with E-state index in [2.05, 4.69) is 17.0 Å². The number of oxime groups is 1. The van der Waals surface area contributed by atoms with Crippen molar-refractivity contribution in [2.45, 2.75) is 25.9 Å². The molecule has 0 aromatic heterocycles. The first-order valence-electron chi connectivity index (χ1n) is 7.10. The highest BCUT2D eigenvalue weighted by Crippen LogP contribution is 2.27. The fourth-order valence-electron chi connectivity index (χ4n) is 2.91. The van der Waals surface area contributed by atoms with Crippen molar-refractivity contribution in [3.05, 3.63) is 29.3 Å². The molecule has 1 aliphatic rings. The van der Waals surface area contributed by atoms with Crippen LogP contribution >= 0.6 is 0 Å². The SMILES string of the molecule is COc1cc(CN2CCC(C)C2CO)ccc1/C(N)=N/O. The van der Waals surface area contributed by atoms with Crippen molar-refractivity contribution in [1.82, 2.24) is 4.90 Å². The second-order valence-corrected chi connectivity index (χ2v) is 5.51. The van der Waals surface area contributed by atoms with Crippen LogP contribution in [0.25, 0.3) is 0 Å². The minimum absolute atomic E-state index is 0.0291. The van der Waals surface area contributed by atoms with Crippen LogP contribution in [-0.4, -0.2) is 47.4 Å². The second kappa shape index (κ2) is 6.78. The Morgan fingerprint density at radius 1 is 1.52 bits per heavy atom. The van der Waals surface area contributed by atoms with E-state index >= 15 is 0 Å². The predicted molar refractivity (Wildman–Crippen MR) is 80.6 cm³/mol. The van der Waals surface area contributed by atoms with Crippen molar-refractivity contribution in [3.63, 3.8) is 0 Å². The molecule has 0 radical (unpaired) electrons. The van der Waals surface area contributed by atoms with E-state index in [4.69, 9.17) is 15.7 Å². The van der Waals surface area contributed by atoms with Gasteiger partial charge in [0.15, 0.2) is 5.84 Å². The quantitative estimate of drug-likeness (QED) is 0.326. The number of benzene rings is 1. The molecule has 2 unspecified atom stereocenters. The molecule has 2 rings (SSSR count). The Kier molecular flexibility index (Phi) is 5.03. The van der Waals surface area contributed by atoms with Crippen LogP contribution in [-0.2, 0) is 6.54 Å². The van der Waals surface area contributed by atoms with Gasteiger partial charge in [0.1, 0.15) is 5.75 Å². The van der Waals surface area contributed by atoms with Gasteiger partial charge in [0.2, 0.25) is 0 Å². The van der Waals surface area contributed by atoms with Crippen LogP contribution in [0.2, 0.25) is 0 Å². The van der Waals surface area contributed by atoms with Gasteiger partial charge in [-0.15, -0.1) is 0 Å². The molecule has 0 spiro atoms. The predicted octanol–water partition coefficient (Wildman–Crippen LogP) is 0.992. The fourth-order valence-corrected chi connectivity index (χ4v) is 2.91. The van der Waals surface area contributed by atoms with Crippen molar-refractivity contribution in [3.8, 4) is 5.75 Å². The van der Waals surface area contributed by atoms with Crippen molar-refractivity contribution in [2.24, 2.45) is 16.8 Å². The largest absolute Gasteiger partial charge is 0.496 e. The maximum atomic E-state index is 9.51. The molecule has 1 aromatic carbocycles. The lowest BCUT2D eigenvalue weighted by Crippen LogP contribution is -2.34. The van der Waals surface area contributed by atoms with Crippen molar-refractivity contribution >= 4 is 5.84 Å². The lowest BCUT2D eigenvalue weighted by molar-refractivity contribution is 0.134. The van der Waals surface area contributed by atoms with Crippen LogP contribution in [0.3, 0.4) is 0 Å². The number of ether oxygens (including phenoxy) is 1. The zero-order valence-electron chi connectivity index (χ0n) is 12.5. The summed E-state index contributed by atoms with van der Waals surface area (Å²) >= 11 is 0. The molecule has 1 aromatic rings. The first-order chi connectivity index (χ1) is 10.1. The molecule has 0 amide bonds. The Morgan fingerprint density at radius 3 is 2.90 bits per heavy atom. The van der Waals surface area contributed by atoms with Crippen LogP contribution in [0, 0.1) is 5.92 Å². The van der Waals surface area contributed by atoms with Crippen molar-refractivity contribution in [1.29, 1.82) is 0 Å². The summed E-state index contributed by atoms with van der Waals surface area (Å²) in [4.78, 5) is 2.28. The van der Waals surface area contributed by atoms with Gasteiger partial charge in [0.25, 0.3) is 0 Å². The highest BCUT2D eigenvalue weighted by molar-refractivity contribution is 5.99. The Bertz CT molecular complexity index is 519. The van der Waals surface area contributed by atoms with E-state index in [-0.39, 0.29) is 18.5 Å². The number of nitrogens with zero attached hydrogens (tertiary/aromatic N) is 2. The average molecular weight is 293 g/mol. The molecular formula is C15H23N3O3. The zero-order chi connectivity index (χ0) is 15.4. The summed E-state index contributed by atoms with van der Waals surface area (Å²) in [6.07, 6.45) is 1.10. The third kappa shape index (κ3) is 3.28. The van der Waals surface area contributed by atoms with Crippen molar-refractivity contribution in [2.75, 3.05) is 20.3 Å². The number of aliphatic hydroxyl groups is 1. The van der Waals surface area contributed by atoms with Gasteiger partial charge in [0.05, 0.1) is 19.3 Å². The van der Waals surface area contributed by atoms with Gasteiger partial charge in [-0.3, -0.25) is 4.90 Å². The molecule has 1 aliphatic heterocycles. The number of methoxy groups -OCH3 is 1. The van der Waals surface area contributed by atoms with E-state index in [9.17, 15) is 5.11 Å². The fraction of sp³-hybridized carbons (Fsp3) is 0.533. The van der Waals surface area contributed by atoms with E-state index < -0.39 is 0 Å². The van der Waals surface area contributed by atoms with Crippen LogP contribution in [0.4, 0.5) is 0 Å². The summed E-state index contributed by atoms with van der Waals surface area (Å²) < 4.78 is 5.31. The highest BCUT2D eigenvalue weighted by Gasteiger charge is 2.30. The lowest BCUT2D eigenvalue weighted by atomic mass is 10.0. The van der Waals surface area contributed by atoms with E-state index in [0.29, 0.717) is 17.2 Å². The zero-order valence-corrected chi connectivity index (χ0v) is 12.5. The molecule has 116 valence electrons. The highest BCUT2D eigenvalue weighted by atomic mass is 16.5. The number of rotatable bonds is 5. The number of amidine groups is 1. The van der Waals surface area contributed by atoms with Gasteiger partial charge in [-0.1, -0.05) is 18.1 Å². The first kappa shape index (κ1) is 15.6. The Labute approximate surface area is 124 Å². The third-order valence-corrected chi connectivity index (χ3v) is 4.22. The molecular weight excluding hydrogens is 270 g/mol. The molecule has 21 heavy (non-hydrogen) atoms. The number of hydrogen-bond acceptors (Lipinski definition) is 5. The maximum Gasteiger partial charge on any atom is 0.173 e. The molecule has 0 aliphatic carbocycles. The summed E-state index contributed by atoms with van der Waals surface area (Å²) in [7, 11) is 1.56. The monoisotopic (exact) mass is 293 g/mol. The molecule has 2 atom stereocenters. The van der Waals surface area contributed by atoms with Crippen LogP contribution < -0.4 is 10.5 Å². The second-order valence-electron chi connectivity index (χ2n) is 5.51. The van der Waals surface area contributed by atoms with E-state index in [1.807, 2.05) is 12.1 Å². The minimum Gasteiger partial charge on any atom is -0.496 e. The summed E-state index contributed by atoms with van der Waals surface area (Å²) in [6.45, 7) is 4.09. The van der Waals surface area contributed by atoms with Gasteiger partial charge in [-0.25, -0.2) is 0 Å². The van der Waals surface area contributed by atoms with Gasteiger partial charge < -0.3 is 20.8 Å². The number of likely N-dealkylation sites (tertiary alicyclic amines) is 1. The van der Waals surface area contributed by atoms with Crippen LogP contribution in [0.15, 0.2) is 23.4 Å². The van der Waals surface area contributed by atoms with E-state index in [0.717, 1.165) is 25.1 Å². The summed E-state index contributed by atoms with van der Waals surface area (Å²) in [6, 6.07) is 5.83. The molecule has 6 heteroatoms. The van der Waals surface area contributed by atoms with Crippen LogP contribution in [0.1, 0.15) is 24.5 Å². The Balaban J connectivity index is 2.18. The third-order valence-electron chi connectivity index (χ3n) is 4.22. The molecule has 1 fully saturated rings. The van der Waals surface area contributed by atoms with Crippen LogP contribution in [0.5, 0.6) is 5.75 Å². The average Bonchev–Trinajstić information content (AvgIpc) is 2.86. The molecule has 6 nitrogen and oxygen atoms in total. The number of aliphatic hydroxyl groups excluding tert-OH is 1. The lowest BCUT2D eigenvalue weighted by Gasteiger charge is -2.25. The molecule has 4 N–H and O–H groups in total. The molecule has 0 saturated carbocycles. The van der Waals surface area contributed by atoms with Gasteiger partial charge in [0, 0.05) is 12.6 Å². The Hall–Kier alpha value is -1.79. The molecule has 1 heterocycles. The van der Waals surface area contributed by atoms with Gasteiger partial charge in [-0.2, -0.15) is 0 Å². The smallest absolute Gasteiger partial charge is 0.173 e. The minimum atomic E-state index is 0.0291. The normalized spacial score (nSPS) is 23.5. The summed E-state index contributed by atoms with van der Waals surface area (Å²) in [5.74, 6) is 1.12. The topological polar surface area (TPSA) is 91.3 Å². The van der Waals surface area contributed by atoms with E-state index in [1.54, 1.807) is 13.2 Å². The van der Waals surface area contributed by atoms with E-state index in [1.165, 1.54) is 0 Å². The first-order valence-corrected chi connectivity index (χ1v) is 7.10. The molecule has 1 saturated heterocycles. The summed E-state index contributed by atoms with van der Waals surface area (Å²) in [5, 5.41) is 21.3. The van der Waals surface area contributed by atoms with Crippen molar-refractivity contribution < 1.29 is 15.1 Å². The number of hydrogen-bond donors (Lipinski definition) is 3. The van der Waals surface area contributed by atoms with Gasteiger partial charge >= 0.3 is 0 Å². The standard InChI is InChI=1S/C15H23N3O3/c1-10-5-6-18(13(10)9-19)8-11-3-4-12(15(16)17-20)14(7-11)21-2/h3-4,7,10,13,19-20H,5-6,8-9H2,1-2H3,(H2,16,17). The van der Waals surface area contributed by atoms with Gasteiger partial charge in [-0.05, 0) is 36.6 Å². The molecule has 0 bridgehead atoms. The summed E-state index contributed by atoms with van der Waals surface area (Å²) in [5.41, 5.74) is 7.27. The Morgan fingerprint density at radius 2 is 2.29 bits per heavy atom. The maximum absolute atomic E-state index is 9.51.